The molecule has 0 spiro atoms. The van der Waals surface area contributed by atoms with Gasteiger partial charge in [0.25, 0.3) is 0 Å². The highest BCUT2D eigenvalue weighted by atomic mass is 19.1. The van der Waals surface area contributed by atoms with Crippen LogP contribution >= 0.6 is 0 Å². The van der Waals surface area contributed by atoms with Gasteiger partial charge in [-0.25, -0.2) is 14.4 Å². The van der Waals surface area contributed by atoms with Crippen molar-refractivity contribution in [3.8, 4) is 17.7 Å². The van der Waals surface area contributed by atoms with Crippen LogP contribution in [-0.2, 0) is 0 Å². The fraction of sp³-hybridized carbons (Fsp3) is 0.409. The predicted octanol–water partition coefficient (Wildman–Crippen LogP) is 2.47. The lowest BCUT2D eigenvalue weighted by Crippen LogP contribution is -2.29. The van der Waals surface area contributed by atoms with Gasteiger partial charge >= 0.3 is 0 Å². The third-order valence-corrected chi connectivity index (χ3v) is 5.35. The van der Waals surface area contributed by atoms with E-state index >= 15 is 0 Å². The Morgan fingerprint density at radius 2 is 1.97 bits per heavy atom. The van der Waals surface area contributed by atoms with Gasteiger partial charge in [0, 0.05) is 17.8 Å². The van der Waals surface area contributed by atoms with E-state index in [1.807, 2.05) is 6.20 Å². The summed E-state index contributed by atoms with van der Waals surface area (Å²) in [5, 5.41) is 10.8. The number of nitrogens with zero attached hydrogens (tertiary/aromatic N) is 5. The Hall–Kier alpha value is -3.02. The molecule has 4 heterocycles. The zero-order chi connectivity index (χ0) is 21.5. The van der Waals surface area contributed by atoms with E-state index in [-0.39, 0.29) is 11.8 Å². The van der Waals surface area contributed by atoms with Crippen molar-refractivity contribution in [1.29, 1.82) is 0 Å². The Balaban J connectivity index is 1.89. The highest BCUT2D eigenvalue weighted by molar-refractivity contribution is 5.86. The molecule has 4 rings (SSSR count). The number of likely N-dealkylation sites (tertiary alicyclic amines) is 1. The summed E-state index contributed by atoms with van der Waals surface area (Å²) in [6, 6.07) is 1.80. The topological polar surface area (TPSA) is 93.1 Å². The number of piperidine rings is 1. The van der Waals surface area contributed by atoms with E-state index in [0.29, 0.717) is 11.6 Å². The number of hydrogen-bond acceptors (Lipinski definition) is 6. The zero-order valence-corrected chi connectivity index (χ0v) is 17.4. The number of rotatable bonds is 2. The Morgan fingerprint density at radius 1 is 1.23 bits per heavy atom. The summed E-state index contributed by atoms with van der Waals surface area (Å²) in [6.07, 6.45) is 6.82. The van der Waals surface area contributed by atoms with E-state index in [2.05, 4.69) is 38.7 Å². The first-order valence-electron chi connectivity index (χ1n) is 9.95. The zero-order valence-electron chi connectivity index (χ0n) is 17.4. The van der Waals surface area contributed by atoms with Gasteiger partial charge in [0.15, 0.2) is 11.6 Å². The first kappa shape index (κ1) is 20.3. The number of anilines is 1. The molecule has 1 aliphatic heterocycles. The highest BCUT2D eigenvalue weighted by Gasteiger charge is 2.24. The number of pyridine rings is 1. The van der Waals surface area contributed by atoms with Gasteiger partial charge in [0.2, 0.25) is 5.95 Å². The summed E-state index contributed by atoms with van der Waals surface area (Å²) in [6.45, 7) is 5.24. The van der Waals surface area contributed by atoms with E-state index in [1.165, 1.54) is 0 Å². The second-order valence-corrected chi connectivity index (χ2v) is 8.33. The molecule has 0 unspecified atom stereocenters. The SMILES string of the molecule is CN1CCC(c2cn(-c3nc(N)ncc3F)c3cc(C#CC(C)(C)O)ncc23)CC1. The fourth-order valence-electron chi connectivity index (χ4n) is 3.79. The van der Waals surface area contributed by atoms with Crippen LogP contribution in [-0.4, -0.2) is 55.3 Å². The molecule has 3 aromatic rings. The lowest BCUT2D eigenvalue weighted by atomic mass is 9.90. The highest BCUT2D eigenvalue weighted by Crippen LogP contribution is 2.35. The van der Waals surface area contributed by atoms with Crippen LogP contribution < -0.4 is 5.73 Å². The molecule has 1 saturated heterocycles. The van der Waals surface area contributed by atoms with Gasteiger partial charge in [-0.15, -0.1) is 0 Å². The van der Waals surface area contributed by atoms with Crippen LogP contribution in [0.1, 0.15) is 43.9 Å². The van der Waals surface area contributed by atoms with Crippen molar-refractivity contribution in [2.75, 3.05) is 25.9 Å². The molecule has 0 radical (unpaired) electrons. The van der Waals surface area contributed by atoms with Gasteiger partial charge in [0.05, 0.1) is 11.7 Å². The van der Waals surface area contributed by atoms with Crippen molar-refractivity contribution < 1.29 is 9.50 Å². The summed E-state index contributed by atoms with van der Waals surface area (Å²) in [5.41, 5.74) is 6.94. The molecule has 8 heteroatoms. The molecule has 0 atom stereocenters. The van der Waals surface area contributed by atoms with E-state index in [0.717, 1.165) is 48.6 Å². The summed E-state index contributed by atoms with van der Waals surface area (Å²) in [5.74, 6) is 5.55. The van der Waals surface area contributed by atoms with Crippen LogP contribution in [0.2, 0.25) is 0 Å². The third kappa shape index (κ3) is 4.13. The maximum atomic E-state index is 14.6. The lowest BCUT2D eigenvalue weighted by Gasteiger charge is -2.28. The molecular formula is C22H25FN6O. The second kappa shape index (κ2) is 7.67. The smallest absolute Gasteiger partial charge is 0.222 e. The van der Waals surface area contributed by atoms with Gasteiger partial charge in [-0.1, -0.05) is 5.92 Å². The number of aromatic nitrogens is 4. The Bertz CT molecular complexity index is 1150. The van der Waals surface area contributed by atoms with E-state index < -0.39 is 11.4 Å². The molecule has 3 aromatic heterocycles. The van der Waals surface area contributed by atoms with Gasteiger partial charge in [-0.3, -0.25) is 4.57 Å². The van der Waals surface area contributed by atoms with Crippen molar-refractivity contribution in [1.82, 2.24) is 24.4 Å². The molecule has 156 valence electrons. The normalized spacial score (nSPS) is 15.9. The van der Waals surface area contributed by atoms with Crippen molar-refractivity contribution >= 4 is 16.9 Å². The fourth-order valence-corrected chi connectivity index (χ4v) is 3.79. The molecule has 0 saturated carbocycles. The largest absolute Gasteiger partial charge is 0.378 e. The molecule has 1 fully saturated rings. The molecule has 30 heavy (non-hydrogen) atoms. The average molecular weight is 408 g/mol. The monoisotopic (exact) mass is 408 g/mol. The van der Waals surface area contributed by atoms with Crippen LogP contribution in [0.4, 0.5) is 10.3 Å². The standard InChI is InChI=1S/C22H25FN6O/c1-22(2,30)7-4-15-10-19-16(11-25-15)17(14-5-8-28(3)9-6-14)13-29(19)20-18(23)12-26-21(24)27-20/h10-14,30H,5-6,8-9H2,1-3H3,(H2,24,26,27). The van der Waals surface area contributed by atoms with Crippen LogP contribution in [0.3, 0.4) is 0 Å². The maximum absolute atomic E-state index is 14.6. The van der Waals surface area contributed by atoms with Crippen molar-refractivity contribution in [3.63, 3.8) is 0 Å². The van der Waals surface area contributed by atoms with Crippen molar-refractivity contribution in [2.45, 2.75) is 38.2 Å². The minimum atomic E-state index is -1.13. The molecular weight excluding hydrogens is 383 g/mol. The molecule has 7 nitrogen and oxygen atoms in total. The predicted molar refractivity (Wildman–Crippen MR) is 114 cm³/mol. The maximum Gasteiger partial charge on any atom is 0.222 e. The summed E-state index contributed by atoms with van der Waals surface area (Å²) < 4.78 is 16.3. The van der Waals surface area contributed by atoms with E-state index in [4.69, 9.17) is 5.73 Å². The van der Waals surface area contributed by atoms with E-state index in [9.17, 15) is 9.50 Å². The number of fused-ring (bicyclic) bond motifs is 1. The third-order valence-electron chi connectivity index (χ3n) is 5.35. The van der Waals surface area contributed by atoms with Crippen molar-refractivity contribution in [3.05, 3.63) is 41.7 Å². The van der Waals surface area contributed by atoms with Crippen LogP contribution in [0.5, 0.6) is 0 Å². The van der Waals surface area contributed by atoms with Gasteiger partial charge < -0.3 is 15.7 Å². The second-order valence-electron chi connectivity index (χ2n) is 8.33. The number of hydrogen-bond donors (Lipinski definition) is 2. The van der Waals surface area contributed by atoms with Crippen LogP contribution in [0.25, 0.3) is 16.7 Å². The summed E-state index contributed by atoms with van der Waals surface area (Å²) in [4.78, 5) is 14.6. The quantitative estimate of drug-likeness (QED) is 0.633. The Morgan fingerprint density at radius 3 is 2.67 bits per heavy atom. The first-order valence-corrected chi connectivity index (χ1v) is 9.95. The minimum Gasteiger partial charge on any atom is -0.378 e. The first-order chi connectivity index (χ1) is 14.2. The molecule has 1 aliphatic rings. The molecule has 0 aliphatic carbocycles. The van der Waals surface area contributed by atoms with Gasteiger partial charge in [-0.2, -0.15) is 4.98 Å². The number of aliphatic hydroxyl groups is 1. The average Bonchev–Trinajstić information content (AvgIpc) is 3.07. The lowest BCUT2D eigenvalue weighted by molar-refractivity contribution is 0.143. The molecule has 0 aromatic carbocycles. The van der Waals surface area contributed by atoms with Crippen LogP contribution in [0.15, 0.2) is 24.7 Å². The van der Waals surface area contributed by atoms with Crippen LogP contribution in [0, 0.1) is 17.7 Å². The van der Waals surface area contributed by atoms with Gasteiger partial charge in [0.1, 0.15) is 11.3 Å². The summed E-state index contributed by atoms with van der Waals surface area (Å²) in [7, 11) is 2.12. The number of halogens is 1. The molecule has 0 amide bonds. The Kier molecular flexibility index (Phi) is 5.18. The number of nitrogen functional groups attached to an aromatic ring is 1. The van der Waals surface area contributed by atoms with Gasteiger partial charge in [-0.05, 0) is 70.3 Å². The summed E-state index contributed by atoms with van der Waals surface area (Å²) >= 11 is 0. The molecule has 3 N–H and O–H groups in total. The number of nitrogens with two attached hydrogens (primary N) is 1. The van der Waals surface area contributed by atoms with E-state index in [1.54, 1.807) is 30.7 Å². The minimum absolute atomic E-state index is 0.00481. The van der Waals surface area contributed by atoms with Crippen molar-refractivity contribution in [2.24, 2.45) is 0 Å². The molecule has 0 bridgehead atoms. The Labute approximate surface area is 174 Å².